The van der Waals surface area contributed by atoms with Crippen molar-refractivity contribution in [1.29, 1.82) is 0 Å². The molecule has 28 heavy (non-hydrogen) atoms. The summed E-state index contributed by atoms with van der Waals surface area (Å²) in [4.78, 5) is 4.34. The molecule has 1 aliphatic carbocycles. The molecule has 1 aromatic carbocycles. The summed E-state index contributed by atoms with van der Waals surface area (Å²) >= 11 is 5.84. The first-order valence-electron chi connectivity index (χ1n) is 10.5. The molecule has 1 aliphatic rings. The molecular weight excluding hydrogens is 366 g/mol. The van der Waals surface area contributed by atoms with Crippen LogP contribution in [0.1, 0.15) is 56.3 Å². The molecule has 4 nitrogen and oxygen atoms in total. The largest absolute Gasteiger partial charge is 0.467 e. The maximum atomic E-state index is 5.84. The molecule has 1 N–H and O–H groups in total. The fraction of sp³-hybridized carbons (Fsp3) is 0.522. The predicted molar refractivity (Wildman–Crippen MR) is 121 cm³/mol. The fourth-order valence-corrected chi connectivity index (χ4v) is 4.07. The van der Waals surface area contributed by atoms with Gasteiger partial charge in [0.1, 0.15) is 5.76 Å². The van der Waals surface area contributed by atoms with Gasteiger partial charge in [0.05, 0.1) is 12.8 Å². The van der Waals surface area contributed by atoms with Crippen molar-refractivity contribution in [3.63, 3.8) is 0 Å². The van der Waals surface area contributed by atoms with E-state index in [1.54, 1.807) is 6.26 Å². The van der Waals surface area contributed by atoms with Gasteiger partial charge in [0.15, 0.2) is 5.11 Å². The maximum absolute atomic E-state index is 5.84. The molecule has 0 amide bonds. The first kappa shape index (κ1) is 20.7. The molecule has 0 spiro atoms. The molecule has 0 saturated heterocycles. The lowest BCUT2D eigenvalue weighted by Gasteiger charge is -2.30. The lowest BCUT2D eigenvalue weighted by Crippen LogP contribution is -2.44. The number of nitrogens with one attached hydrogen (secondary N) is 1. The third kappa shape index (κ3) is 6.26. The van der Waals surface area contributed by atoms with Crippen LogP contribution in [0.5, 0.6) is 0 Å². The first-order chi connectivity index (χ1) is 13.6. The quantitative estimate of drug-likeness (QED) is 0.663. The highest BCUT2D eigenvalue weighted by atomic mass is 32.1. The van der Waals surface area contributed by atoms with Crippen LogP contribution in [-0.4, -0.2) is 30.1 Å². The van der Waals surface area contributed by atoms with Gasteiger partial charge < -0.3 is 19.5 Å². The van der Waals surface area contributed by atoms with Gasteiger partial charge in [0.2, 0.25) is 0 Å². The minimum absolute atomic E-state index is 0.489. The molecule has 0 atom stereocenters. The molecular formula is C23H33N3OS. The number of furan rings is 1. The van der Waals surface area contributed by atoms with Crippen LogP contribution in [-0.2, 0) is 13.1 Å². The molecule has 1 heterocycles. The Morgan fingerprint density at radius 3 is 2.29 bits per heavy atom. The molecule has 0 bridgehead atoms. The van der Waals surface area contributed by atoms with Gasteiger partial charge in [0, 0.05) is 32.4 Å². The van der Waals surface area contributed by atoms with Crippen molar-refractivity contribution in [2.45, 2.75) is 64.1 Å². The molecule has 0 radical (unpaired) electrons. The third-order valence-corrected chi connectivity index (χ3v) is 5.85. The summed E-state index contributed by atoms with van der Waals surface area (Å²) in [5.41, 5.74) is 2.45. The van der Waals surface area contributed by atoms with E-state index in [1.165, 1.54) is 56.2 Å². The zero-order valence-corrected chi connectivity index (χ0v) is 18.0. The third-order valence-electron chi connectivity index (χ3n) is 5.47. The smallest absolute Gasteiger partial charge is 0.169 e. The molecule has 1 aromatic heterocycles. The van der Waals surface area contributed by atoms with E-state index in [2.05, 4.69) is 53.5 Å². The minimum atomic E-state index is 0.489. The Balaban J connectivity index is 1.67. The molecule has 1 saturated carbocycles. The van der Waals surface area contributed by atoms with Gasteiger partial charge in [-0.15, -0.1) is 0 Å². The maximum Gasteiger partial charge on any atom is 0.169 e. The van der Waals surface area contributed by atoms with Gasteiger partial charge in [0.25, 0.3) is 0 Å². The zero-order valence-electron chi connectivity index (χ0n) is 17.2. The number of benzene rings is 1. The van der Waals surface area contributed by atoms with E-state index < -0.39 is 0 Å². The van der Waals surface area contributed by atoms with Crippen LogP contribution < -0.4 is 10.2 Å². The molecule has 5 heteroatoms. The lowest BCUT2D eigenvalue weighted by atomic mass is 9.97. The van der Waals surface area contributed by atoms with Crippen LogP contribution in [0, 0.1) is 0 Å². The van der Waals surface area contributed by atoms with E-state index >= 15 is 0 Å². The van der Waals surface area contributed by atoms with Crippen LogP contribution in [0.4, 0.5) is 5.69 Å². The normalized spacial score (nSPS) is 15.5. The molecule has 0 unspecified atom stereocenters. The number of thiocarbonyl (C=S) groups is 1. The topological polar surface area (TPSA) is 31.6 Å². The van der Waals surface area contributed by atoms with Crippen molar-refractivity contribution in [3.05, 3.63) is 54.0 Å². The number of rotatable bonds is 6. The van der Waals surface area contributed by atoms with Crippen LogP contribution in [0.25, 0.3) is 0 Å². The van der Waals surface area contributed by atoms with Crippen molar-refractivity contribution in [1.82, 2.24) is 10.2 Å². The monoisotopic (exact) mass is 399 g/mol. The van der Waals surface area contributed by atoms with Crippen molar-refractivity contribution in [2.24, 2.45) is 0 Å². The molecule has 2 aromatic rings. The standard InChI is InChI=1S/C23H33N3OS/c1-25(2)21-14-12-19(13-15-21)17-26(18-22-11-8-16-27-22)23(28)24-20-9-6-4-3-5-7-10-20/h8,11-16,20H,3-7,9-10,17-18H2,1-2H3,(H,24,28). The van der Waals surface area contributed by atoms with Crippen LogP contribution in [0.2, 0.25) is 0 Å². The van der Waals surface area contributed by atoms with E-state index in [9.17, 15) is 0 Å². The summed E-state index contributed by atoms with van der Waals surface area (Å²) in [5.74, 6) is 0.937. The van der Waals surface area contributed by atoms with Gasteiger partial charge in [-0.1, -0.05) is 44.2 Å². The van der Waals surface area contributed by atoms with Gasteiger partial charge in [-0.3, -0.25) is 0 Å². The summed E-state index contributed by atoms with van der Waals surface area (Å²) < 4.78 is 5.59. The average molecular weight is 400 g/mol. The number of hydrogen-bond donors (Lipinski definition) is 1. The fourth-order valence-electron chi connectivity index (χ4n) is 3.78. The Kier molecular flexibility index (Phi) is 7.78. The van der Waals surface area contributed by atoms with Crippen molar-refractivity contribution >= 4 is 23.0 Å². The zero-order chi connectivity index (χ0) is 19.8. The summed E-state index contributed by atoms with van der Waals surface area (Å²) in [6, 6.07) is 13.1. The number of anilines is 1. The Morgan fingerprint density at radius 2 is 1.68 bits per heavy atom. The second-order valence-corrected chi connectivity index (χ2v) is 8.37. The van der Waals surface area contributed by atoms with Crippen LogP contribution in [0.15, 0.2) is 47.1 Å². The van der Waals surface area contributed by atoms with Crippen molar-refractivity contribution in [2.75, 3.05) is 19.0 Å². The van der Waals surface area contributed by atoms with Gasteiger partial charge in [-0.05, 0) is 54.9 Å². The summed E-state index contributed by atoms with van der Waals surface area (Å²) in [7, 11) is 4.12. The van der Waals surface area contributed by atoms with Gasteiger partial charge in [-0.25, -0.2) is 0 Å². The van der Waals surface area contributed by atoms with Gasteiger partial charge >= 0.3 is 0 Å². The Labute approximate surface area is 174 Å². The number of nitrogens with zero attached hydrogens (tertiary/aromatic N) is 2. The highest BCUT2D eigenvalue weighted by Gasteiger charge is 2.18. The van der Waals surface area contributed by atoms with E-state index in [0.29, 0.717) is 12.6 Å². The Bertz CT molecular complexity index is 704. The van der Waals surface area contributed by atoms with E-state index in [1.807, 2.05) is 12.1 Å². The Morgan fingerprint density at radius 1 is 1.00 bits per heavy atom. The second kappa shape index (κ2) is 10.5. The molecule has 0 aliphatic heterocycles. The number of hydrogen-bond acceptors (Lipinski definition) is 3. The first-order valence-corrected chi connectivity index (χ1v) is 10.9. The highest BCUT2D eigenvalue weighted by Crippen LogP contribution is 2.19. The summed E-state index contributed by atoms with van der Waals surface area (Å²) in [5, 5.41) is 4.49. The van der Waals surface area contributed by atoms with Crippen molar-refractivity contribution in [3.8, 4) is 0 Å². The molecule has 1 fully saturated rings. The van der Waals surface area contributed by atoms with Crippen molar-refractivity contribution < 1.29 is 4.42 Å². The average Bonchev–Trinajstić information content (AvgIpc) is 3.17. The van der Waals surface area contributed by atoms with Gasteiger partial charge in [-0.2, -0.15) is 0 Å². The van der Waals surface area contributed by atoms with Crippen LogP contribution in [0.3, 0.4) is 0 Å². The second-order valence-electron chi connectivity index (χ2n) is 7.99. The minimum Gasteiger partial charge on any atom is -0.467 e. The van der Waals surface area contributed by atoms with Crippen LogP contribution >= 0.6 is 12.2 Å². The van der Waals surface area contributed by atoms with E-state index in [4.69, 9.17) is 16.6 Å². The lowest BCUT2D eigenvalue weighted by molar-refractivity contribution is 0.338. The molecule has 3 rings (SSSR count). The summed E-state index contributed by atoms with van der Waals surface area (Å²) in [6.07, 6.45) is 10.8. The predicted octanol–water partition coefficient (Wildman–Crippen LogP) is 5.34. The SMILES string of the molecule is CN(C)c1ccc(CN(Cc2ccco2)C(=S)NC2CCCCCCC2)cc1. The molecule has 152 valence electrons. The van der Waals surface area contributed by atoms with E-state index in [0.717, 1.165) is 17.4 Å². The Hall–Kier alpha value is -2.01. The van der Waals surface area contributed by atoms with E-state index in [-0.39, 0.29) is 0 Å². The highest BCUT2D eigenvalue weighted by molar-refractivity contribution is 7.80. The summed E-state index contributed by atoms with van der Waals surface area (Å²) in [6.45, 7) is 1.45.